The number of carbonyl (C=O) groups is 1. The molecule has 1 N–H and O–H groups in total. The van der Waals surface area contributed by atoms with Gasteiger partial charge in [0.25, 0.3) is 0 Å². The topological polar surface area (TPSA) is 69.7 Å². The Labute approximate surface area is 170 Å². The molecule has 1 atom stereocenters. The molecule has 0 bridgehead atoms. The molecular weight excluding hydrogens is 374 g/mol. The number of benzene rings is 1. The van der Waals surface area contributed by atoms with Gasteiger partial charge in [-0.3, -0.25) is 4.79 Å². The Hall–Kier alpha value is -1.44. The largest absolute Gasteiger partial charge is 0.342 e. The molecule has 0 aromatic heterocycles. The number of likely N-dealkylation sites (tertiary alicyclic amines) is 1. The molecule has 1 aromatic carbocycles. The molecule has 7 heteroatoms. The maximum atomic E-state index is 12.6. The number of carbonyl (C=O) groups excluding carboxylic acids is 1. The van der Waals surface area contributed by atoms with E-state index in [1.165, 1.54) is 23.6 Å². The minimum atomic E-state index is -3.44. The molecule has 0 radical (unpaired) electrons. The summed E-state index contributed by atoms with van der Waals surface area (Å²) in [6, 6.07) is 6.94. The van der Waals surface area contributed by atoms with E-state index in [1.807, 2.05) is 37.8 Å². The van der Waals surface area contributed by atoms with Crippen LogP contribution in [0.5, 0.6) is 0 Å². The summed E-state index contributed by atoms with van der Waals surface area (Å²) in [5.74, 6) is 0.148. The lowest BCUT2D eigenvalue weighted by Gasteiger charge is -2.26. The van der Waals surface area contributed by atoms with Crippen molar-refractivity contribution in [3.05, 3.63) is 29.8 Å². The molecule has 158 valence electrons. The van der Waals surface area contributed by atoms with E-state index >= 15 is 0 Å². The van der Waals surface area contributed by atoms with Gasteiger partial charge in [0.05, 0.1) is 11.4 Å². The van der Waals surface area contributed by atoms with Gasteiger partial charge in [-0.25, -0.2) is 8.42 Å². The van der Waals surface area contributed by atoms with Gasteiger partial charge in [-0.05, 0) is 37.5 Å². The molecule has 28 heavy (non-hydrogen) atoms. The summed E-state index contributed by atoms with van der Waals surface area (Å²) in [5, 5.41) is 3.28. The van der Waals surface area contributed by atoms with E-state index in [9.17, 15) is 13.2 Å². The zero-order valence-electron chi connectivity index (χ0n) is 17.5. The van der Waals surface area contributed by atoms with Crippen LogP contribution < -0.4 is 5.32 Å². The zero-order valence-corrected chi connectivity index (χ0v) is 18.3. The lowest BCUT2D eigenvalue weighted by atomic mass is 10.1. The molecule has 0 unspecified atom stereocenters. The third kappa shape index (κ3) is 6.03. The lowest BCUT2D eigenvalue weighted by molar-refractivity contribution is -0.130. The molecule has 1 fully saturated rings. The van der Waals surface area contributed by atoms with Crippen molar-refractivity contribution < 1.29 is 13.2 Å². The smallest absolute Gasteiger partial charge is 0.243 e. The normalized spacial score (nSPS) is 17.2. The Kier molecular flexibility index (Phi) is 8.92. The SMILES string of the molecule is CCN(CC)S(=O)(=O)c1ccc([C@H](C)NCC(=O)N2CCCCCCC2)cc1. The fraction of sp³-hybridized carbons (Fsp3) is 0.667. The number of nitrogens with one attached hydrogen (secondary N) is 1. The molecule has 1 heterocycles. The van der Waals surface area contributed by atoms with Crippen molar-refractivity contribution in [1.29, 1.82) is 0 Å². The highest BCUT2D eigenvalue weighted by atomic mass is 32.2. The average Bonchev–Trinajstić information content (AvgIpc) is 2.66. The second kappa shape index (κ2) is 10.9. The van der Waals surface area contributed by atoms with Crippen molar-refractivity contribution in [3.8, 4) is 0 Å². The maximum Gasteiger partial charge on any atom is 0.243 e. The second-order valence-electron chi connectivity index (χ2n) is 7.41. The van der Waals surface area contributed by atoms with E-state index in [-0.39, 0.29) is 11.9 Å². The van der Waals surface area contributed by atoms with Gasteiger partial charge in [0.1, 0.15) is 0 Å². The van der Waals surface area contributed by atoms with E-state index in [0.29, 0.717) is 24.5 Å². The number of hydrogen-bond donors (Lipinski definition) is 1. The number of sulfonamides is 1. The molecule has 6 nitrogen and oxygen atoms in total. The van der Waals surface area contributed by atoms with Crippen molar-refractivity contribution in [3.63, 3.8) is 0 Å². The molecule has 2 rings (SSSR count). The van der Waals surface area contributed by atoms with Gasteiger partial charge >= 0.3 is 0 Å². The van der Waals surface area contributed by atoms with Gasteiger partial charge in [-0.1, -0.05) is 45.2 Å². The van der Waals surface area contributed by atoms with E-state index in [0.717, 1.165) is 31.5 Å². The van der Waals surface area contributed by atoms with Gasteiger partial charge in [-0.2, -0.15) is 4.31 Å². The standard InChI is InChI=1S/C21H35N3O3S/c1-4-24(5-2)28(26,27)20-13-11-19(12-14-20)18(3)22-17-21(25)23-15-9-7-6-8-10-16-23/h11-14,18,22H,4-10,15-17H2,1-3H3/t18-/m0/s1. The lowest BCUT2D eigenvalue weighted by Crippen LogP contribution is -2.40. The van der Waals surface area contributed by atoms with Crippen LogP contribution in [0.3, 0.4) is 0 Å². The Morgan fingerprint density at radius 2 is 1.57 bits per heavy atom. The van der Waals surface area contributed by atoms with Crippen LogP contribution >= 0.6 is 0 Å². The van der Waals surface area contributed by atoms with Crippen LogP contribution in [0.1, 0.15) is 64.5 Å². The van der Waals surface area contributed by atoms with Crippen molar-refractivity contribution in [2.75, 3.05) is 32.7 Å². The minimum Gasteiger partial charge on any atom is -0.342 e. The molecule has 1 aliphatic rings. The van der Waals surface area contributed by atoms with E-state index in [1.54, 1.807) is 12.1 Å². The molecular formula is C21H35N3O3S. The number of amides is 1. The first-order valence-electron chi connectivity index (χ1n) is 10.5. The Bertz CT molecular complexity index is 707. The quantitative estimate of drug-likeness (QED) is 0.716. The van der Waals surface area contributed by atoms with Gasteiger partial charge in [-0.15, -0.1) is 0 Å². The van der Waals surface area contributed by atoms with Crippen LogP contribution in [0, 0.1) is 0 Å². The summed E-state index contributed by atoms with van der Waals surface area (Å²) in [4.78, 5) is 14.8. The monoisotopic (exact) mass is 409 g/mol. The van der Waals surface area contributed by atoms with E-state index in [2.05, 4.69) is 5.32 Å². The number of hydrogen-bond acceptors (Lipinski definition) is 4. The molecule has 0 aliphatic carbocycles. The zero-order chi connectivity index (χ0) is 20.6. The highest BCUT2D eigenvalue weighted by Crippen LogP contribution is 2.19. The first kappa shape index (κ1) is 22.8. The van der Waals surface area contributed by atoms with Crippen LogP contribution in [-0.2, 0) is 14.8 Å². The molecule has 0 spiro atoms. The Morgan fingerprint density at radius 1 is 1.04 bits per heavy atom. The van der Waals surface area contributed by atoms with Gasteiger partial charge < -0.3 is 10.2 Å². The van der Waals surface area contributed by atoms with Gasteiger partial charge in [0.2, 0.25) is 15.9 Å². The summed E-state index contributed by atoms with van der Waals surface area (Å²) in [6.45, 7) is 8.60. The molecule has 0 saturated carbocycles. The van der Waals surface area contributed by atoms with Crippen LogP contribution in [0.4, 0.5) is 0 Å². The first-order chi connectivity index (χ1) is 13.4. The van der Waals surface area contributed by atoms with Crippen molar-refractivity contribution in [1.82, 2.24) is 14.5 Å². The highest BCUT2D eigenvalue weighted by molar-refractivity contribution is 7.89. The summed E-state index contributed by atoms with van der Waals surface area (Å²) >= 11 is 0. The van der Waals surface area contributed by atoms with Crippen LogP contribution in [0.25, 0.3) is 0 Å². The summed E-state index contributed by atoms with van der Waals surface area (Å²) in [5.41, 5.74) is 0.971. The van der Waals surface area contributed by atoms with Crippen LogP contribution in [-0.4, -0.2) is 56.3 Å². The first-order valence-corrected chi connectivity index (χ1v) is 12.0. The highest BCUT2D eigenvalue weighted by Gasteiger charge is 2.22. The van der Waals surface area contributed by atoms with E-state index in [4.69, 9.17) is 0 Å². The minimum absolute atomic E-state index is 0.0242. The summed E-state index contributed by atoms with van der Waals surface area (Å²) in [6.07, 6.45) is 5.86. The van der Waals surface area contributed by atoms with Crippen molar-refractivity contribution >= 4 is 15.9 Å². The van der Waals surface area contributed by atoms with E-state index < -0.39 is 10.0 Å². The second-order valence-corrected chi connectivity index (χ2v) is 9.35. The predicted octanol–water partition coefficient (Wildman–Crippen LogP) is 3.16. The molecule has 1 saturated heterocycles. The Balaban J connectivity index is 1.93. The van der Waals surface area contributed by atoms with Gasteiger partial charge in [0, 0.05) is 32.2 Å². The average molecular weight is 410 g/mol. The van der Waals surface area contributed by atoms with Crippen molar-refractivity contribution in [2.24, 2.45) is 0 Å². The third-order valence-corrected chi connectivity index (χ3v) is 7.56. The fourth-order valence-electron chi connectivity index (χ4n) is 3.61. The number of rotatable bonds is 8. The van der Waals surface area contributed by atoms with Crippen LogP contribution in [0.2, 0.25) is 0 Å². The summed E-state index contributed by atoms with van der Waals surface area (Å²) in [7, 11) is -3.44. The molecule has 1 amide bonds. The van der Waals surface area contributed by atoms with Gasteiger partial charge in [0.15, 0.2) is 0 Å². The summed E-state index contributed by atoms with van der Waals surface area (Å²) < 4.78 is 26.6. The Morgan fingerprint density at radius 3 is 2.11 bits per heavy atom. The third-order valence-electron chi connectivity index (χ3n) is 5.49. The fourth-order valence-corrected chi connectivity index (χ4v) is 5.07. The van der Waals surface area contributed by atoms with Crippen molar-refractivity contribution in [2.45, 2.75) is 63.8 Å². The maximum absolute atomic E-state index is 12.6. The predicted molar refractivity (Wildman–Crippen MR) is 113 cm³/mol. The number of nitrogens with zero attached hydrogens (tertiary/aromatic N) is 2. The molecule has 1 aromatic rings. The van der Waals surface area contributed by atoms with Crippen LogP contribution in [0.15, 0.2) is 29.2 Å². The molecule has 1 aliphatic heterocycles.